The Morgan fingerprint density at radius 2 is 1.10 bits per heavy atom. The Balaban J connectivity index is 4.55. The Hall–Kier alpha value is -3.41. The van der Waals surface area contributed by atoms with E-state index in [1.54, 1.807) is 0 Å². The van der Waals surface area contributed by atoms with E-state index < -0.39 is 51.3 Å². The standard InChI is InChI=1S/C47H76NO10P/c1-3-5-7-9-11-13-15-17-18-19-20-21-22-23-25-27-29-31-33-37-47(52)58-43(42-57-59(53,54)56-40-39-48)41-55-46(51)38-34-36-45(50)44(49)35-32-30-28-26-24-16-14-12-10-8-6-4-2/h6,8,11-14,17-18,20-21,23-26,29-32,43-45,49-50H,3-5,7,9-10,15-16,19,22,27-28,33-42,48H2,1-2H3,(H,53,54)/b8-6-,13-11-,14-12-,18-17-,21-20-,25-23-,26-24-,31-29-,32-30-/t43-,44+,45+/m1/s1. The van der Waals surface area contributed by atoms with Gasteiger partial charge in [-0.25, -0.2) is 4.57 Å². The SMILES string of the molecule is CC/C=C\C/C=C\C/C=C\C/C=C\C[C@H](O)[C@@H](O)CCCC(=O)OC[C@H](COP(=O)(O)OCCN)OC(=O)CC/C=C\C/C=C\C/C=C\C/C=C\C/C=C\CCCCC. The number of ether oxygens (including phenoxy) is 2. The predicted molar refractivity (Wildman–Crippen MR) is 240 cm³/mol. The number of hydrogen-bond donors (Lipinski definition) is 4. The molecule has 1 unspecified atom stereocenters. The molecule has 0 aliphatic carbocycles. The quantitative estimate of drug-likeness (QED) is 0.0201. The summed E-state index contributed by atoms with van der Waals surface area (Å²) in [6.45, 7) is 3.13. The van der Waals surface area contributed by atoms with Gasteiger partial charge in [0.05, 0.1) is 25.4 Å². The molecule has 0 aromatic rings. The second kappa shape index (κ2) is 41.3. The van der Waals surface area contributed by atoms with Gasteiger partial charge >= 0.3 is 19.8 Å². The van der Waals surface area contributed by atoms with Gasteiger partial charge in [-0.3, -0.25) is 18.6 Å². The van der Waals surface area contributed by atoms with Gasteiger partial charge in [0.1, 0.15) is 6.61 Å². The van der Waals surface area contributed by atoms with Crippen LogP contribution >= 0.6 is 7.82 Å². The van der Waals surface area contributed by atoms with Gasteiger partial charge < -0.3 is 30.3 Å². The number of carbonyl (C=O) groups is 2. The summed E-state index contributed by atoms with van der Waals surface area (Å²) in [5, 5.41) is 20.6. The van der Waals surface area contributed by atoms with Crippen LogP contribution in [0.15, 0.2) is 109 Å². The minimum atomic E-state index is -4.47. The van der Waals surface area contributed by atoms with Gasteiger partial charge in [-0.15, -0.1) is 0 Å². The lowest BCUT2D eigenvalue weighted by atomic mass is 10.0. The molecule has 0 heterocycles. The van der Waals surface area contributed by atoms with E-state index in [0.717, 1.165) is 57.8 Å². The summed E-state index contributed by atoms with van der Waals surface area (Å²) in [4.78, 5) is 34.9. The maximum absolute atomic E-state index is 12.6. The maximum atomic E-state index is 12.6. The molecule has 0 rings (SSSR count). The molecule has 0 bridgehead atoms. The summed E-state index contributed by atoms with van der Waals surface area (Å²) in [6, 6.07) is 0. The average Bonchev–Trinajstić information content (AvgIpc) is 3.22. The van der Waals surface area contributed by atoms with Crippen LogP contribution in [0.3, 0.4) is 0 Å². The van der Waals surface area contributed by atoms with E-state index in [1.165, 1.54) is 19.3 Å². The smallest absolute Gasteiger partial charge is 0.462 e. The van der Waals surface area contributed by atoms with Gasteiger partial charge in [-0.1, -0.05) is 136 Å². The van der Waals surface area contributed by atoms with Crippen LogP contribution in [-0.2, 0) is 32.7 Å². The van der Waals surface area contributed by atoms with Crippen molar-refractivity contribution in [3.63, 3.8) is 0 Å². The molecule has 0 radical (unpaired) electrons. The van der Waals surface area contributed by atoms with Gasteiger partial charge in [0.2, 0.25) is 0 Å². The third-order valence-electron chi connectivity index (χ3n) is 8.36. The zero-order valence-electron chi connectivity index (χ0n) is 35.9. The number of hydrogen-bond acceptors (Lipinski definition) is 10. The summed E-state index contributed by atoms with van der Waals surface area (Å²) in [5.74, 6) is -1.23. The lowest BCUT2D eigenvalue weighted by Crippen LogP contribution is -2.30. The first kappa shape index (κ1) is 55.6. The summed E-state index contributed by atoms with van der Waals surface area (Å²) in [7, 11) is -4.47. The summed E-state index contributed by atoms with van der Waals surface area (Å²) in [5.41, 5.74) is 5.32. The molecule has 12 heteroatoms. The van der Waals surface area contributed by atoms with E-state index in [0.29, 0.717) is 6.42 Å². The third-order valence-corrected chi connectivity index (χ3v) is 9.34. The minimum Gasteiger partial charge on any atom is -0.462 e. The summed E-state index contributed by atoms with van der Waals surface area (Å²) < 4.78 is 32.5. The number of esters is 2. The van der Waals surface area contributed by atoms with Crippen LogP contribution in [0.25, 0.3) is 0 Å². The molecule has 0 aromatic heterocycles. The first-order valence-electron chi connectivity index (χ1n) is 21.5. The number of aliphatic hydroxyl groups excluding tert-OH is 2. The van der Waals surface area contributed by atoms with Gasteiger partial charge in [0.25, 0.3) is 0 Å². The molecule has 59 heavy (non-hydrogen) atoms. The van der Waals surface area contributed by atoms with Gasteiger partial charge in [0, 0.05) is 19.4 Å². The molecular formula is C47H76NO10P. The fourth-order valence-corrected chi connectivity index (χ4v) is 5.82. The zero-order chi connectivity index (χ0) is 43.5. The molecule has 0 saturated carbocycles. The second-order valence-electron chi connectivity index (χ2n) is 13.8. The van der Waals surface area contributed by atoms with Crippen molar-refractivity contribution in [2.45, 2.75) is 148 Å². The van der Waals surface area contributed by atoms with E-state index in [4.69, 9.17) is 24.3 Å². The summed E-state index contributed by atoms with van der Waals surface area (Å²) >= 11 is 0. The van der Waals surface area contributed by atoms with Crippen LogP contribution in [0.5, 0.6) is 0 Å². The van der Waals surface area contributed by atoms with Crippen molar-refractivity contribution in [1.82, 2.24) is 0 Å². The van der Waals surface area contributed by atoms with E-state index in [1.807, 2.05) is 30.4 Å². The molecule has 0 saturated heterocycles. The predicted octanol–water partition coefficient (Wildman–Crippen LogP) is 10.3. The minimum absolute atomic E-state index is 0.00394. The number of rotatable bonds is 38. The van der Waals surface area contributed by atoms with Crippen LogP contribution < -0.4 is 5.73 Å². The molecule has 0 amide bonds. The highest BCUT2D eigenvalue weighted by atomic mass is 31.2. The topological polar surface area (TPSA) is 175 Å². The van der Waals surface area contributed by atoms with Crippen LogP contribution in [0, 0.1) is 0 Å². The highest BCUT2D eigenvalue weighted by Crippen LogP contribution is 2.43. The lowest BCUT2D eigenvalue weighted by molar-refractivity contribution is -0.161. The molecule has 0 aromatic carbocycles. The lowest BCUT2D eigenvalue weighted by Gasteiger charge is -2.20. The number of phosphoric acid groups is 1. The first-order valence-corrected chi connectivity index (χ1v) is 23.0. The zero-order valence-corrected chi connectivity index (χ0v) is 36.8. The van der Waals surface area contributed by atoms with E-state index in [-0.39, 0.29) is 45.3 Å². The number of carbonyl (C=O) groups excluding carboxylic acids is 2. The molecule has 334 valence electrons. The van der Waals surface area contributed by atoms with Crippen LogP contribution in [0.4, 0.5) is 0 Å². The Kier molecular flexibility index (Phi) is 38.9. The molecular weight excluding hydrogens is 769 g/mol. The number of nitrogens with two attached hydrogens (primary N) is 1. The number of allylic oxidation sites excluding steroid dienone is 17. The Morgan fingerprint density at radius 1 is 0.593 bits per heavy atom. The second-order valence-corrected chi connectivity index (χ2v) is 15.2. The summed E-state index contributed by atoms with van der Waals surface area (Å²) in [6.07, 6.45) is 47.4. The first-order chi connectivity index (χ1) is 28.6. The molecule has 11 nitrogen and oxygen atoms in total. The molecule has 0 aliphatic rings. The fourth-order valence-electron chi connectivity index (χ4n) is 5.06. The van der Waals surface area contributed by atoms with E-state index in [9.17, 15) is 29.3 Å². The monoisotopic (exact) mass is 846 g/mol. The van der Waals surface area contributed by atoms with Crippen molar-refractivity contribution in [1.29, 1.82) is 0 Å². The van der Waals surface area contributed by atoms with Crippen LogP contribution in [0.1, 0.15) is 129 Å². The molecule has 5 N–H and O–H groups in total. The molecule has 4 atom stereocenters. The van der Waals surface area contributed by atoms with Gasteiger partial charge in [-0.05, 0) is 89.9 Å². The van der Waals surface area contributed by atoms with Crippen molar-refractivity contribution in [2.24, 2.45) is 5.73 Å². The molecule has 0 fully saturated rings. The van der Waals surface area contributed by atoms with Crippen molar-refractivity contribution >= 4 is 19.8 Å². The Morgan fingerprint density at radius 3 is 1.63 bits per heavy atom. The van der Waals surface area contributed by atoms with Crippen molar-refractivity contribution in [3.05, 3.63) is 109 Å². The average molecular weight is 846 g/mol. The van der Waals surface area contributed by atoms with Crippen molar-refractivity contribution in [3.8, 4) is 0 Å². The molecule has 0 aliphatic heterocycles. The number of unbranched alkanes of at least 4 members (excludes halogenated alkanes) is 3. The van der Waals surface area contributed by atoms with Crippen LogP contribution in [-0.4, -0.2) is 71.7 Å². The normalized spacial score (nSPS) is 15.4. The largest absolute Gasteiger partial charge is 0.472 e. The number of phosphoric ester groups is 1. The highest BCUT2D eigenvalue weighted by Gasteiger charge is 2.26. The van der Waals surface area contributed by atoms with Crippen LogP contribution in [0.2, 0.25) is 0 Å². The van der Waals surface area contributed by atoms with Crippen molar-refractivity contribution in [2.75, 3.05) is 26.4 Å². The Labute approximate surface area is 355 Å². The maximum Gasteiger partial charge on any atom is 0.472 e. The molecule has 0 spiro atoms. The fraction of sp³-hybridized carbons (Fsp3) is 0.574. The third kappa shape index (κ3) is 39.8. The van der Waals surface area contributed by atoms with Crippen molar-refractivity contribution < 1.29 is 47.8 Å². The van der Waals surface area contributed by atoms with Gasteiger partial charge in [-0.2, -0.15) is 0 Å². The Bertz CT molecular complexity index is 1360. The van der Waals surface area contributed by atoms with Gasteiger partial charge in [0.15, 0.2) is 6.10 Å². The van der Waals surface area contributed by atoms with E-state index in [2.05, 4.69) is 92.8 Å². The highest BCUT2D eigenvalue weighted by molar-refractivity contribution is 7.47. The van der Waals surface area contributed by atoms with E-state index >= 15 is 0 Å². The number of aliphatic hydroxyl groups is 2.